The van der Waals surface area contributed by atoms with Crippen LogP contribution >= 0.6 is 0 Å². The van der Waals surface area contributed by atoms with E-state index in [9.17, 15) is 4.79 Å². The number of para-hydroxylation sites is 1. The molecule has 0 aliphatic carbocycles. The molecule has 1 rings (SSSR count). The van der Waals surface area contributed by atoms with Crippen LogP contribution in [0.25, 0.3) is 0 Å². The van der Waals surface area contributed by atoms with Crippen LogP contribution in [-0.2, 0) is 11.3 Å². The lowest BCUT2D eigenvalue weighted by atomic mass is 10.2. The number of amides is 1. The summed E-state index contributed by atoms with van der Waals surface area (Å²) in [6.07, 6.45) is 1.59. The molecule has 0 unspecified atom stereocenters. The highest BCUT2D eigenvalue weighted by molar-refractivity contribution is 5.51. The van der Waals surface area contributed by atoms with Crippen molar-refractivity contribution in [1.29, 1.82) is 0 Å². The highest BCUT2D eigenvalue weighted by atomic mass is 16.1. The number of rotatable bonds is 3. The Morgan fingerprint density at radius 3 is 2.82 bits per heavy atom. The van der Waals surface area contributed by atoms with E-state index in [-0.39, 0.29) is 0 Å². The SMILES string of the molecule is Nc1ccccc1CN[C]=O. The molecule has 1 aromatic carbocycles. The maximum atomic E-state index is 9.81. The summed E-state index contributed by atoms with van der Waals surface area (Å²) in [6, 6.07) is 7.38. The van der Waals surface area contributed by atoms with Crippen molar-refractivity contribution >= 4 is 12.1 Å². The Morgan fingerprint density at radius 2 is 2.18 bits per heavy atom. The summed E-state index contributed by atoms with van der Waals surface area (Å²) in [6.45, 7) is 0.441. The van der Waals surface area contributed by atoms with Gasteiger partial charge in [-0.1, -0.05) is 18.2 Å². The molecule has 0 aliphatic heterocycles. The van der Waals surface area contributed by atoms with Gasteiger partial charge in [-0.25, -0.2) is 0 Å². The first-order valence-electron chi connectivity index (χ1n) is 3.28. The van der Waals surface area contributed by atoms with Crippen LogP contribution in [0, 0.1) is 0 Å². The van der Waals surface area contributed by atoms with E-state index in [1.807, 2.05) is 18.2 Å². The Hall–Kier alpha value is -1.51. The van der Waals surface area contributed by atoms with Gasteiger partial charge >= 0.3 is 6.41 Å². The second-order valence-electron chi connectivity index (χ2n) is 2.15. The molecule has 0 spiro atoms. The third-order valence-electron chi connectivity index (χ3n) is 1.41. The van der Waals surface area contributed by atoms with Crippen molar-refractivity contribution in [2.24, 2.45) is 0 Å². The van der Waals surface area contributed by atoms with Gasteiger partial charge in [-0.2, -0.15) is 0 Å². The largest absolute Gasteiger partial charge is 0.398 e. The summed E-state index contributed by atoms with van der Waals surface area (Å²) in [7, 11) is 0. The second-order valence-corrected chi connectivity index (χ2v) is 2.15. The van der Waals surface area contributed by atoms with Gasteiger partial charge in [-0.05, 0) is 11.6 Å². The molecule has 0 saturated carbocycles. The molecule has 0 aliphatic rings. The van der Waals surface area contributed by atoms with Crippen LogP contribution in [0.15, 0.2) is 24.3 Å². The Bertz CT molecular complexity index is 248. The van der Waals surface area contributed by atoms with Crippen LogP contribution in [0.1, 0.15) is 5.56 Å². The molecule has 0 heterocycles. The van der Waals surface area contributed by atoms with E-state index in [1.54, 1.807) is 12.5 Å². The fourth-order valence-corrected chi connectivity index (χ4v) is 0.826. The highest BCUT2D eigenvalue weighted by Gasteiger charge is 1.94. The Labute approximate surface area is 65.2 Å². The van der Waals surface area contributed by atoms with Crippen LogP contribution in [0.5, 0.6) is 0 Å². The van der Waals surface area contributed by atoms with E-state index in [0.717, 1.165) is 5.56 Å². The van der Waals surface area contributed by atoms with Gasteiger partial charge in [0.2, 0.25) is 0 Å². The number of carbonyl (C=O) groups excluding carboxylic acids is 1. The zero-order valence-corrected chi connectivity index (χ0v) is 6.00. The first kappa shape index (κ1) is 7.60. The molecule has 0 bridgehead atoms. The lowest BCUT2D eigenvalue weighted by molar-refractivity contribution is 0.542. The molecule has 1 amide bonds. The molecule has 11 heavy (non-hydrogen) atoms. The summed E-state index contributed by atoms with van der Waals surface area (Å²) in [5.74, 6) is 0. The first-order chi connectivity index (χ1) is 5.34. The molecule has 0 aromatic heterocycles. The maximum absolute atomic E-state index is 9.81. The smallest absolute Gasteiger partial charge is 0.309 e. The lowest BCUT2D eigenvalue weighted by Crippen LogP contribution is -2.10. The van der Waals surface area contributed by atoms with Gasteiger partial charge in [0.1, 0.15) is 0 Å². The summed E-state index contributed by atoms with van der Waals surface area (Å²) >= 11 is 0. The second kappa shape index (κ2) is 3.61. The average Bonchev–Trinajstić information content (AvgIpc) is 2.03. The predicted octanol–water partition coefficient (Wildman–Crippen LogP) is 0.426. The summed E-state index contributed by atoms with van der Waals surface area (Å²) in [5.41, 5.74) is 7.19. The van der Waals surface area contributed by atoms with Crippen molar-refractivity contribution in [1.82, 2.24) is 5.32 Å². The van der Waals surface area contributed by atoms with Crippen molar-refractivity contribution < 1.29 is 4.79 Å². The monoisotopic (exact) mass is 149 g/mol. The number of benzene rings is 1. The molecular weight excluding hydrogens is 140 g/mol. The molecule has 3 nitrogen and oxygen atoms in total. The van der Waals surface area contributed by atoms with Crippen molar-refractivity contribution in [3.8, 4) is 0 Å². The molecular formula is C8H9N2O. The Morgan fingerprint density at radius 1 is 1.45 bits per heavy atom. The van der Waals surface area contributed by atoms with Crippen molar-refractivity contribution in [2.45, 2.75) is 6.54 Å². The minimum absolute atomic E-state index is 0.441. The fourth-order valence-electron chi connectivity index (χ4n) is 0.826. The molecule has 1 aromatic rings. The average molecular weight is 149 g/mol. The highest BCUT2D eigenvalue weighted by Crippen LogP contribution is 2.08. The van der Waals surface area contributed by atoms with Gasteiger partial charge in [0.25, 0.3) is 0 Å². The Kier molecular flexibility index (Phi) is 2.49. The molecule has 57 valence electrons. The molecule has 0 saturated heterocycles. The van der Waals surface area contributed by atoms with Gasteiger partial charge < -0.3 is 11.1 Å². The molecule has 0 atom stereocenters. The molecule has 3 heteroatoms. The number of nitrogens with two attached hydrogens (primary N) is 1. The fraction of sp³-hybridized carbons (Fsp3) is 0.125. The zero-order chi connectivity index (χ0) is 8.10. The molecule has 0 fully saturated rings. The van der Waals surface area contributed by atoms with Crippen molar-refractivity contribution in [3.05, 3.63) is 29.8 Å². The molecule has 1 radical (unpaired) electrons. The van der Waals surface area contributed by atoms with Crippen molar-refractivity contribution in [3.63, 3.8) is 0 Å². The number of hydrogen-bond acceptors (Lipinski definition) is 2. The van der Waals surface area contributed by atoms with E-state index in [0.29, 0.717) is 12.2 Å². The van der Waals surface area contributed by atoms with E-state index in [1.165, 1.54) is 0 Å². The normalized spacial score (nSPS) is 9.09. The number of hydrogen-bond donors (Lipinski definition) is 2. The Balaban J connectivity index is 2.69. The third kappa shape index (κ3) is 1.97. The first-order valence-corrected chi connectivity index (χ1v) is 3.28. The quantitative estimate of drug-likeness (QED) is 0.483. The lowest BCUT2D eigenvalue weighted by Gasteiger charge is -2.01. The maximum Gasteiger partial charge on any atom is 0.309 e. The third-order valence-corrected chi connectivity index (χ3v) is 1.41. The van der Waals surface area contributed by atoms with Crippen LogP contribution in [-0.4, -0.2) is 6.41 Å². The van der Waals surface area contributed by atoms with Crippen LogP contribution in [0.2, 0.25) is 0 Å². The van der Waals surface area contributed by atoms with Crippen LogP contribution in [0.4, 0.5) is 5.69 Å². The van der Waals surface area contributed by atoms with Crippen molar-refractivity contribution in [2.75, 3.05) is 5.73 Å². The summed E-state index contributed by atoms with van der Waals surface area (Å²) < 4.78 is 0. The minimum Gasteiger partial charge on any atom is -0.398 e. The van der Waals surface area contributed by atoms with Crippen LogP contribution in [0.3, 0.4) is 0 Å². The topological polar surface area (TPSA) is 55.1 Å². The minimum atomic E-state index is 0.441. The zero-order valence-electron chi connectivity index (χ0n) is 6.00. The number of anilines is 1. The van der Waals surface area contributed by atoms with E-state index in [4.69, 9.17) is 5.73 Å². The van der Waals surface area contributed by atoms with Crippen LogP contribution < -0.4 is 11.1 Å². The van der Waals surface area contributed by atoms with Gasteiger partial charge in [0.05, 0.1) is 0 Å². The number of nitrogen functional groups attached to an aromatic ring is 1. The van der Waals surface area contributed by atoms with Gasteiger partial charge in [-0.3, -0.25) is 4.79 Å². The summed E-state index contributed by atoms with van der Waals surface area (Å²) in [4.78, 5) is 9.81. The van der Waals surface area contributed by atoms with Gasteiger partial charge in [0.15, 0.2) is 0 Å². The summed E-state index contributed by atoms with van der Waals surface area (Å²) in [5, 5.41) is 2.42. The van der Waals surface area contributed by atoms with Gasteiger partial charge in [0, 0.05) is 12.2 Å². The van der Waals surface area contributed by atoms with E-state index in [2.05, 4.69) is 5.32 Å². The predicted molar refractivity (Wildman–Crippen MR) is 43.4 cm³/mol. The molecule has 3 N–H and O–H groups in total. The standard InChI is InChI=1S/C8H9N2O/c9-8-4-2-1-3-7(8)5-10-6-11/h1-4H,5,9H2,(H,10,11). The van der Waals surface area contributed by atoms with E-state index >= 15 is 0 Å². The van der Waals surface area contributed by atoms with Gasteiger partial charge in [-0.15, -0.1) is 0 Å². The number of nitrogens with one attached hydrogen (secondary N) is 1. The van der Waals surface area contributed by atoms with E-state index < -0.39 is 0 Å².